The highest BCUT2D eigenvalue weighted by Crippen LogP contribution is 2.23. The van der Waals surface area contributed by atoms with E-state index in [-0.39, 0.29) is 17.7 Å². The zero-order valence-electron chi connectivity index (χ0n) is 14.3. The van der Waals surface area contributed by atoms with E-state index in [2.05, 4.69) is 10.6 Å². The van der Waals surface area contributed by atoms with Gasteiger partial charge in [0.25, 0.3) is 5.91 Å². The maximum absolute atomic E-state index is 12.5. The average molecular weight is 340 g/mol. The van der Waals surface area contributed by atoms with Crippen molar-refractivity contribution < 1.29 is 19.1 Å². The Morgan fingerprint density at radius 3 is 2.16 bits per heavy atom. The van der Waals surface area contributed by atoms with Gasteiger partial charge in [0.05, 0.1) is 11.4 Å². The van der Waals surface area contributed by atoms with E-state index in [0.717, 1.165) is 0 Å². The Kier molecular flexibility index (Phi) is 5.89. The first-order valence-corrected chi connectivity index (χ1v) is 7.86. The van der Waals surface area contributed by atoms with Crippen LogP contribution in [0.15, 0.2) is 48.5 Å². The van der Waals surface area contributed by atoms with Crippen molar-refractivity contribution in [2.75, 3.05) is 10.6 Å². The van der Waals surface area contributed by atoms with Crippen molar-refractivity contribution >= 4 is 29.2 Å². The van der Waals surface area contributed by atoms with Crippen molar-refractivity contribution in [1.82, 2.24) is 0 Å². The fourth-order valence-electron chi connectivity index (χ4n) is 2.04. The van der Waals surface area contributed by atoms with Crippen LogP contribution in [0.2, 0.25) is 0 Å². The fourth-order valence-corrected chi connectivity index (χ4v) is 2.04. The molecule has 0 saturated heterocycles. The Labute approximate surface area is 146 Å². The molecule has 2 aromatic carbocycles. The molecule has 6 heteroatoms. The molecule has 2 amide bonds. The number of esters is 1. The topological polar surface area (TPSA) is 84.5 Å². The molecule has 2 aromatic rings. The third kappa shape index (κ3) is 5.17. The van der Waals surface area contributed by atoms with Crippen LogP contribution >= 0.6 is 0 Å². The van der Waals surface area contributed by atoms with Gasteiger partial charge in [0.15, 0.2) is 0 Å². The summed E-state index contributed by atoms with van der Waals surface area (Å²) in [6, 6.07) is 13.2. The lowest BCUT2D eigenvalue weighted by molar-refractivity contribution is -0.131. The number of carbonyl (C=O) groups is 3. The van der Waals surface area contributed by atoms with E-state index in [1.807, 2.05) is 0 Å². The van der Waals surface area contributed by atoms with E-state index in [9.17, 15) is 14.4 Å². The zero-order valence-corrected chi connectivity index (χ0v) is 14.3. The molecule has 2 rings (SSSR count). The van der Waals surface area contributed by atoms with Gasteiger partial charge in [0.1, 0.15) is 5.75 Å². The Hall–Kier alpha value is -3.15. The number of rotatable bonds is 5. The molecule has 25 heavy (non-hydrogen) atoms. The summed E-state index contributed by atoms with van der Waals surface area (Å²) >= 11 is 0. The van der Waals surface area contributed by atoms with Crippen LogP contribution < -0.4 is 15.4 Å². The summed E-state index contributed by atoms with van der Waals surface area (Å²) in [7, 11) is 0. The summed E-state index contributed by atoms with van der Waals surface area (Å²) < 4.78 is 4.98. The quantitative estimate of drug-likeness (QED) is 0.645. The predicted octanol–water partition coefficient (Wildman–Crippen LogP) is 3.46. The van der Waals surface area contributed by atoms with Gasteiger partial charge < -0.3 is 15.4 Å². The van der Waals surface area contributed by atoms with Crippen LogP contribution in [0.25, 0.3) is 0 Å². The number of amides is 2. The highest BCUT2D eigenvalue weighted by Gasteiger charge is 2.13. The van der Waals surface area contributed by atoms with Crippen LogP contribution in [-0.4, -0.2) is 17.8 Å². The minimum absolute atomic E-state index is 0.140. The Balaban J connectivity index is 2.18. The molecule has 0 spiro atoms. The Morgan fingerprint density at radius 2 is 1.56 bits per heavy atom. The number of hydrogen-bond donors (Lipinski definition) is 2. The van der Waals surface area contributed by atoms with Gasteiger partial charge in [-0.3, -0.25) is 14.4 Å². The monoisotopic (exact) mass is 340 g/mol. The summed E-state index contributed by atoms with van der Waals surface area (Å²) in [4.78, 5) is 35.4. The second kappa shape index (κ2) is 8.10. The average Bonchev–Trinajstić information content (AvgIpc) is 2.56. The first-order valence-electron chi connectivity index (χ1n) is 7.86. The largest absolute Gasteiger partial charge is 0.427 e. The van der Waals surface area contributed by atoms with Crippen molar-refractivity contribution in [1.29, 1.82) is 0 Å². The lowest BCUT2D eigenvalue weighted by Gasteiger charge is -2.13. The highest BCUT2D eigenvalue weighted by molar-refractivity contribution is 6.07. The summed E-state index contributed by atoms with van der Waals surface area (Å²) in [5.41, 5.74) is 1.34. The Morgan fingerprint density at radius 1 is 0.920 bits per heavy atom. The van der Waals surface area contributed by atoms with Gasteiger partial charge in [-0.25, -0.2) is 0 Å². The molecular weight excluding hydrogens is 320 g/mol. The van der Waals surface area contributed by atoms with E-state index in [1.165, 1.54) is 13.0 Å². The lowest BCUT2D eigenvalue weighted by atomic mass is 10.1. The van der Waals surface area contributed by atoms with E-state index in [4.69, 9.17) is 4.74 Å². The van der Waals surface area contributed by atoms with Gasteiger partial charge in [0.2, 0.25) is 5.91 Å². The molecule has 0 unspecified atom stereocenters. The normalized spacial score (nSPS) is 10.2. The standard InChI is InChI=1S/C19H20N2O4/c1-12(2)18(23)20-16-9-4-5-10-17(16)21-19(24)14-7-6-8-15(11-14)25-13(3)22/h4-12H,1-3H3,(H,20,23)(H,21,24). The van der Waals surface area contributed by atoms with Gasteiger partial charge in [-0.1, -0.05) is 32.0 Å². The second-order valence-corrected chi connectivity index (χ2v) is 5.77. The molecular formula is C19H20N2O4. The molecule has 0 radical (unpaired) electrons. The fraction of sp³-hybridized carbons (Fsp3) is 0.211. The van der Waals surface area contributed by atoms with Gasteiger partial charge in [-0.05, 0) is 30.3 Å². The Bertz CT molecular complexity index is 800. The van der Waals surface area contributed by atoms with E-state index < -0.39 is 5.97 Å². The van der Waals surface area contributed by atoms with Crippen molar-refractivity contribution in [2.24, 2.45) is 5.92 Å². The summed E-state index contributed by atoms with van der Waals surface area (Å²) in [6.45, 7) is 4.87. The van der Waals surface area contributed by atoms with Crippen LogP contribution in [-0.2, 0) is 9.59 Å². The number of anilines is 2. The molecule has 0 atom stereocenters. The molecule has 0 aliphatic rings. The number of hydrogen-bond acceptors (Lipinski definition) is 4. The van der Waals surface area contributed by atoms with Gasteiger partial charge in [-0.15, -0.1) is 0 Å². The summed E-state index contributed by atoms with van der Waals surface area (Å²) in [5, 5.41) is 5.54. The zero-order chi connectivity index (χ0) is 18.4. The predicted molar refractivity (Wildman–Crippen MR) is 95.6 cm³/mol. The van der Waals surface area contributed by atoms with Crippen LogP contribution in [0, 0.1) is 5.92 Å². The van der Waals surface area contributed by atoms with E-state index in [0.29, 0.717) is 22.7 Å². The summed E-state index contributed by atoms with van der Waals surface area (Å²) in [6.07, 6.45) is 0. The molecule has 0 aliphatic heterocycles. The molecule has 0 aromatic heterocycles. The van der Waals surface area contributed by atoms with Gasteiger partial charge in [-0.2, -0.15) is 0 Å². The van der Waals surface area contributed by atoms with Crippen LogP contribution in [0.1, 0.15) is 31.1 Å². The summed E-state index contributed by atoms with van der Waals surface area (Å²) in [5.74, 6) is -0.858. The van der Waals surface area contributed by atoms with Crippen molar-refractivity contribution in [3.8, 4) is 5.75 Å². The molecule has 130 valence electrons. The smallest absolute Gasteiger partial charge is 0.308 e. The maximum atomic E-state index is 12.5. The van der Waals surface area contributed by atoms with Crippen molar-refractivity contribution in [3.63, 3.8) is 0 Å². The van der Waals surface area contributed by atoms with Crippen molar-refractivity contribution in [2.45, 2.75) is 20.8 Å². The maximum Gasteiger partial charge on any atom is 0.308 e. The minimum Gasteiger partial charge on any atom is -0.427 e. The van der Waals surface area contributed by atoms with E-state index in [1.54, 1.807) is 56.3 Å². The minimum atomic E-state index is -0.459. The van der Waals surface area contributed by atoms with E-state index >= 15 is 0 Å². The van der Waals surface area contributed by atoms with Crippen LogP contribution in [0.3, 0.4) is 0 Å². The second-order valence-electron chi connectivity index (χ2n) is 5.77. The van der Waals surface area contributed by atoms with Crippen LogP contribution in [0.5, 0.6) is 5.75 Å². The number of nitrogens with one attached hydrogen (secondary N) is 2. The van der Waals surface area contributed by atoms with Gasteiger partial charge >= 0.3 is 5.97 Å². The number of carbonyl (C=O) groups excluding carboxylic acids is 3. The van der Waals surface area contributed by atoms with Gasteiger partial charge in [0, 0.05) is 18.4 Å². The number of ether oxygens (including phenoxy) is 1. The first kappa shape index (κ1) is 18.2. The third-order valence-corrected chi connectivity index (χ3v) is 3.32. The molecule has 0 aliphatic carbocycles. The number of benzene rings is 2. The lowest BCUT2D eigenvalue weighted by Crippen LogP contribution is -2.20. The molecule has 0 fully saturated rings. The van der Waals surface area contributed by atoms with Crippen LogP contribution in [0.4, 0.5) is 11.4 Å². The first-order chi connectivity index (χ1) is 11.9. The SMILES string of the molecule is CC(=O)Oc1cccc(C(=O)Nc2ccccc2NC(=O)C(C)C)c1. The molecule has 6 nitrogen and oxygen atoms in total. The highest BCUT2D eigenvalue weighted by atomic mass is 16.5. The third-order valence-electron chi connectivity index (χ3n) is 3.32. The molecule has 0 bridgehead atoms. The molecule has 2 N–H and O–H groups in total. The number of para-hydroxylation sites is 2. The molecule has 0 saturated carbocycles. The molecule has 0 heterocycles. The van der Waals surface area contributed by atoms with Crippen molar-refractivity contribution in [3.05, 3.63) is 54.1 Å².